The lowest BCUT2D eigenvalue weighted by Crippen LogP contribution is -2.50. The molecule has 2 heterocycles. The summed E-state index contributed by atoms with van der Waals surface area (Å²) in [6.45, 7) is 2.59. The second-order valence-corrected chi connectivity index (χ2v) is 4.39. The molecule has 82 valence electrons. The molecule has 1 aliphatic rings. The predicted molar refractivity (Wildman–Crippen MR) is 61.0 cm³/mol. The lowest BCUT2D eigenvalue weighted by molar-refractivity contribution is 0.384. The summed E-state index contributed by atoms with van der Waals surface area (Å²) in [6.07, 6.45) is 1.71. The van der Waals surface area contributed by atoms with Crippen LogP contribution in [-0.4, -0.2) is 36.7 Å². The first-order chi connectivity index (χ1) is 7.24. The van der Waals surface area contributed by atoms with Gasteiger partial charge in [-0.1, -0.05) is 0 Å². The highest BCUT2D eigenvalue weighted by atomic mass is 79.9. The van der Waals surface area contributed by atoms with Gasteiger partial charge in [-0.05, 0) is 22.5 Å². The van der Waals surface area contributed by atoms with Crippen molar-refractivity contribution >= 4 is 21.9 Å². The van der Waals surface area contributed by atoms with E-state index in [0.717, 1.165) is 24.1 Å². The number of hydrogen-bond acceptors (Lipinski definition) is 5. The highest BCUT2D eigenvalue weighted by molar-refractivity contribution is 9.10. The van der Waals surface area contributed by atoms with Crippen LogP contribution in [0.1, 0.15) is 0 Å². The van der Waals surface area contributed by atoms with Gasteiger partial charge in [0.25, 0.3) is 0 Å². The second kappa shape index (κ2) is 4.32. The van der Waals surface area contributed by atoms with Crippen molar-refractivity contribution < 1.29 is 4.74 Å². The van der Waals surface area contributed by atoms with E-state index in [1.165, 1.54) is 0 Å². The van der Waals surface area contributed by atoms with Crippen LogP contribution in [0.3, 0.4) is 0 Å². The van der Waals surface area contributed by atoms with Crippen molar-refractivity contribution in [1.82, 2.24) is 9.97 Å². The number of ether oxygens (including phenoxy) is 1. The smallest absolute Gasteiger partial charge is 0.232 e. The van der Waals surface area contributed by atoms with Crippen LogP contribution in [0.2, 0.25) is 0 Å². The molecule has 0 aliphatic carbocycles. The summed E-state index contributed by atoms with van der Waals surface area (Å²) in [5, 5.41) is 0. The minimum absolute atomic E-state index is 0.566. The number of rotatable bonds is 3. The Hall–Kier alpha value is -0.880. The Labute approximate surface area is 96.8 Å². The van der Waals surface area contributed by atoms with Crippen molar-refractivity contribution in [1.29, 1.82) is 0 Å². The highest BCUT2D eigenvalue weighted by Gasteiger charge is 2.27. The molecule has 0 radical (unpaired) electrons. The summed E-state index contributed by atoms with van der Waals surface area (Å²) in [4.78, 5) is 10.6. The first-order valence-corrected chi connectivity index (χ1v) is 5.55. The molecular weight excluding hydrogens is 260 g/mol. The fraction of sp³-hybridized carbons (Fsp3) is 0.556. The van der Waals surface area contributed by atoms with E-state index < -0.39 is 0 Å². The largest absolute Gasteiger partial charge is 0.480 e. The third-order valence-corrected chi connectivity index (χ3v) is 3.01. The summed E-state index contributed by atoms with van der Waals surface area (Å²) < 4.78 is 5.88. The number of nitrogens with two attached hydrogens (primary N) is 1. The number of hydrogen-bond donors (Lipinski definition) is 1. The zero-order chi connectivity index (χ0) is 10.8. The Morgan fingerprint density at radius 2 is 2.40 bits per heavy atom. The summed E-state index contributed by atoms with van der Waals surface area (Å²) in [5.41, 5.74) is 5.55. The highest BCUT2D eigenvalue weighted by Crippen LogP contribution is 2.26. The van der Waals surface area contributed by atoms with Crippen molar-refractivity contribution in [3.05, 3.63) is 10.7 Å². The van der Waals surface area contributed by atoms with Crippen LogP contribution in [0.4, 0.5) is 5.95 Å². The third-order valence-electron chi connectivity index (χ3n) is 2.47. The monoisotopic (exact) mass is 272 g/mol. The molecule has 15 heavy (non-hydrogen) atoms. The van der Waals surface area contributed by atoms with E-state index in [2.05, 4.69) is 30.8 Å². The number of anilines is 1. The molecule has 1 aromatic rings. The van der Waals surface area contributed by atoms with Gasteiger partial charge in [0.2, 0.25) is 11.8 Å². The average Bonchev–Trinajstić information content (AvgIpc) is 2.19. The quantitative estimate of drug-likeness (QED) is 0.875. The molecule has 2 rings (SSSR count). The minimum atomic E-state index is 0.566. The molecule has 0 amide bonds. The second-order valence-electron chi connectivity index (χ2n) is 3.53. The van der Waals surface area contributed by atoms with Crippen LogP contribution >= 0.6 is 15.9 Å². The van der Waals surface area contributed by atoms with Crippen LogP contribution in [0, 0.1) is 5.92 Å². The summed E-state index contributed by atoms with van der Waals surface area (Å²) in [7, 11) is 1.59. The van der Waals surface area contributed by atoms with Gasteiger partial charge in [-0.3, -0.25) is 0 Å². The molecule has 0 atom stereocenters. The lowest BCUT2D eigenvalue weighted by atomic mass is 10.0. The first-order valence-electron chi connectivity index (χ1n) is 4.76. The molecule has 0 saturated carbocycles. The van der Waals surface area contributed by atoms with E-state index in [1.807, 2.05) is 0 Å². The van der Waals surface area contributed by atoms with Gasteiger partial charge in [0.05, 0.1) is 17.8 Å². The lowest BCUT2D eigenvalue weighted by Gasteiger charge is -2.38. The molecule has 1 aliphatic heterocycles. The standard InChI is InChI=1S/C9H13BrN4O/c1-15-8-7(10)3-12-9(13-8)14-4-6(2-11)5-14/h3,6H,2,4-5,11H2,1H3. The van der Waals surface area contributed by atoms with Gasteiger partial charge in [0.1, 0.15) is 0 Å². The average molecular weight is 273 g/mol. The summed E-state index contributed by atoms with van der Waals surface area (Å²) in [5.74, 6) is 1.85. The molecule has 1 saturated heterocycles. The normalized spacial score (nSPS) is 16.3. The van der Waals surface area contributed by atoms with Gasteiger partial charge in [-0.2, -0.15) is 4.98 Å². The summed E-state index contributed by atoms with van der Waals surface area (Å²) >= 11 is 3.32. The van der Waals surface area contributed by atoms with E-state index >= 15 is 0 Å². The van der Waals surface area contributed by atoms with Crippen molar-refractivity contribution in [2.45, 2.75) is 0 Å². The van der Waals surface area contributed by atoms with Crippen molar-refractivity contribution in [2.24, 2.45) is 11.7 Å². The zero-order valence-electron chi connectivity index (χ0n) is 8.48. The zero-order valence-corrected chi connectivity index (χ0v) is 10.1. The van der Waals surface area contributed by atoms with Gasteiger partial charge < -0.3 is 15.4 Å². The van der Waals surface area contributed by atoms with E-state index in [1.54, 1.807) is 13.3 Å². The van der Waals surface area contributed by atoms with E-state index in [-0.39, 0.29) is 0 Å². The fourth-order valence-corrected chi connectivity index (χ4v) is 1.87. The van der Waals surface area contributed by atoms with Crippen molar-refractivity contribution in [2.75, 3.05) is 31.6 Å². The molecule has 0 unspecified atom stereocenters. The van der Waals surface area contributed by atoms with Gasteiger partial charge in [-0.25, -0.2) is 4.98 Å². The molecule has 1 fully saturated rings. The fourth-order valence-electron chi connectivity index (χ4n) is 1.52. The Kier molecular flexibility index (Phi) is 3.06. The van der Waals surface area contributed by atoms with Crippen molar-refractivity contribution in [3.63, 3.8) is 0 Å². The minimum Gasteiger partial charge on any atom is -0.480 e. The Balaban J connectivity index is 2.10. The van der Waals surface area contributed by atoms with Gasteiger partial charge >= 0.3 is 0 Å². The van der Waals surface area contributed by atoms with Gasteiger partial charge in [0.15, 0.2) is 0 Å². The molecule has 2 N–H and O–H groups in total. The molecular formula is C9H13BrN4O. The number of nitrogens with zero attached hydrogens (tertiary/aromatic N) is 3. The first kappa shape index (κ1) is 10.6. The molecule has 1 aromatic heterocycles. The van der Waals surface area contributed by atoms with Gasteiger partial charge in [0, 0.05) is 19.0 Å². The Bertz CT molecular complexity index is 354. The molecule has 0 bridgehead atoms. The summed E-state index contributed by atoms with van der Waals surface area (Å²) in [6, 6.07) is 0. The van der Waals surface area contributed by atoms with Crippen LogP contribution < -0.4 is 15.4 Å². The molecule has 6 heteroatoms. The Morgan fingerprint density at radius 1 is 1.67 bits per heavy atom. The topological polar surface area (TPSA) is 64.3 Å². The van der Waals surface area contributed by atoms with E-state index in [4.69, 9.17) is 10.5 Å². The van der Waals surface area contributed by atoms with E-state index in [0.29, 0.717) is 17.7 Å². The maximum absolute atomic E-state index is 5.55. The van der Waals surface area contributed by atoms with Gasteiger partial charge in [-0.15, -0.1) is 0 Å². The van der Waals surface area contributed by atoms with Crippen LogP contribution in [0.15, 0.2) is 10.7 Å². The predicted octanol–water partition coefficient (Wildman–Crippen LogP) is 0.643. The van der Waals surface area contributed by atoms with Crippen LogP contribution in [0.25, 0.3) is 0 Å². The SMILES string of the molecule is COc1nc(N2CC(CN)C2)ncc1Br. The molecule has 0 spiro atoms. The number of aromatic nitrogens is 2. The van der Waals surface area contributed by atoms with Crippen molar-refractivity contribution in [3.8, 4) is 5.88 Å². The number of methoxy groups -OCH3 is 1. The van der Waals surface area contributed by atoms with Crippen LogP contribution in [-0.2, 0) is 0 Å². The Morgan fingerprint density at radius 3 is 3.00 bits per heavy atom. The maximum Gasteiger partial charge on any atom is 0.232 e. The maximum atomic E-state index is 5.55. The number of halogens is 1. The molecule has 0 aromatic carbocycles. The molecule has 5 nitrogen and oxygen atoms in total. The van der Waals surface area contributed by atoms with E-state index in [9.17, 15) is 0 Å². The third kappa shape index (κ3) is 2.05. The van der Waals surface area contributed by atoms with Crippen LogP contribution in [0.5, 0.6) is 5.88 Å².